The summed E-state index contributed by atoms with van der Waals surface area (Å²) in [5, 5.41) is 12.0. The number of hydrogen-bond donors (Lipinski definition) is 1. The molecule has 0 radical (unpaired) electrons. The average Bonchev–Trinajstić information content (AvgIpc) is 2.79. The molecule has 1 N–H and O–H groups in total. The predicted molar refractivity (Wildman–Crippen MR) is 123 cm³/mol. The molecule has 0 bridgehead atoms. The van der Waals surface area contributed by atoms with E-state index in [1.807, 2.05) is 18.2 Å². The highest BCUT2D eigenvalue weighted by atomic mass is 16.1. The van der Waals surface area contributed by atoms with Crippen LogP contribution in [0, 0.1) is 12.8 Å². The number of nitrogens with zero attached hydrogens (tertiary/aromatic N) is 4. The van der Waals surface area contributed by atoms with Crippen LogP contribution in [0.25, 0.3) is 11.3 Å². The van der Waals surface area contributed by atoms with Gasteiger partial charge in [0.15, 0.2) is 5.82 Å². The maximum Gasteiger partial charge on any atom is 0.223 e. The molecule has 2 heterocycles. The van der Waals surface area contributed by atoms with Crippen molar-refractivity contribution in [2.45, 2.75) is 40.0 Å². The summed E-state index contributed by atoms with van der Waals surface area (Å²) in [6.45, 7) is 12.1. The molecule has 1 saturated heterocycles. The number of hydrogen-bond acceptors (Lipinski definition) is 5. The molecular weight excluding hydrogens is 374 g/mol. The third-order valence-corrected chi connectivity index (χ3v) is 6.00. The van der Waals surface area contributed by atoms with E-state index in [0.717, 1.165) is 75.6 Å². The highest BCUT2D eigenvalue weighted by Crippen LogP contribution is 2.24. The van der Waals surface area contributed by atoms with Gasteiger partial charge in [-0.05, 0) is 64.0 Å². The van der Waals surface area contributed by atoms with Crippen LogP contribution in [0.2, 0.25) is 0 Å². The SMILES string of the molecule is CCN(CC)CCCNC(=O)C1CCN(c2ccc(-c3cccc(C)c3)nn2)CC1. The average molecular weight is 410 g/mol. The monoisotopic (exact) mass is 409 g/mol. The normalized spacial score (nSPS) is 14.9. The zero-order valence-electron chi connectivity index (χ0n) is 18.6. The second kappa shape index (κ2) is 11.1. The predicted octanol–water partition coefficient (Wildman–Crippen LogP) is 3.52. The molecule has 162 valence electrons. The lowest BCUT2D eigenvalue weighted by atomic mass is 9.96. The maximum absolute atomic E-state index is 12.5. The van der Waals surface area contributed by atoms with Gasteiger partial charge < -0.3 is 15.1 Å². The minimum absolute atomic E-state index is 0.106. The summed E-state index contributed by atoms with van der Waals surface area (Å²) in [5.41, 5.74) is 3.19. The van der Waals surface area contributed by atoms with Gasteiger partial charge in [0.2, 0.25) is 5.91 Å². The molecule has 1 aliphatic heterocycles. The fourth-order valence-corrected chi connectivity index (χ4v) is 4.02. The minimum Gasteiger partial charge on any atom is -0.356 e. The van der Waals surface area contributed by atoms with E-state index in [1.54, 1.807) is 0 Å². The largest absolute Gasteiger partial charge is 0.356 e. The van der Waals surface area contributed by atoms with Crippen molar-refractivity contribution in [3.05, 3.63) is 42.0 Å². The van der Waals surface area contributed by atoms with Crippen LogP contribution in [0.1, 0.15) is 38.7 Å². The highest BCUT2D eigenvalue weighted by Gasteiger charge is 2.25. The van der Waals surface area contributed by atoms with Crippen LogP contribution in [-0.2, 0) is 4.79 Å². The molecule has 2 aromatic rings. The first-order chi connectivity index (χ1) is 14.6. The third kappa shape index (κ3) is 6.02. The summed E-state index contributed by atoms with van der Waals surface area (Å²) in [7, 11) is 0. The molecule has 6 nitrogen and oxygen atoms in total. The summed E-state index contributed by atoms with van der Waals surface area (Å²) in [5.74, 6) is 1.20. The Hall–Kier alpha value is -2.47. The van der Waals surface area contributed by atoms with Gasteiger partial charge in [-0.15, -0.1) is 10.2 Å². The number of nitrogens with one attached hydrogen (secondary N) is 1. The van der Waals surface area contributed by atoms with E-state index in [1.165, 1.54) is 5.56 Å². The zero-order chi connectivity index (χ0) is 21.3. The molecule has 1 fully saturated rings. The number of rotatable bonds is 9. The molecule has 1 amide bonds. The number of aromatic nitrogens is 2. The number of amides is 1. The van der Waals surface area contributed by atoms with Gasteiger partial charge in [-0.25, -0.2) is 0 Å². The van der Waals surface area contributed by atoms with Gasteiger partial charge >= 0.3 is 0 Å². The van der Waals surface area contributed by atoms with E-state index in [2.05, 4.69) is 64.3 Å². The van der Waals surface area contributed by atoms with Gasteiger partial charge in [0, 0.05) is 31.1 Å². The summed E-state index contributed by atoms with van der Waals surface area (Å²) in [6, 6.07) is 12.4. The first-order valence-corrected chi connectivity index (χ1v) is 11.3. The molecule has 1 aromatic carbocycles. The first-order valence-electron chi connectivity index (χ1n) is 11.3. The number of anilines is 1. The van der Waals surface area contributed by atoms with Crippen LogP contribution >= 0.6 is 0 Å². The van der Waals surface area contributed by atoms with Crippen molar-refractivity contribution < 1.29 is 4.79 Å². The summed E-state index contributed by atoms with van der Waals surface area (Å²) < 4.78 is 0. The molecule has 1 aromatic heterocycles. The van der Waals surface area contributed by atoms with Crippen molar-refractivity contribution in [2.75, 3.05) is 44.2 Å². The Bertz CT molecular complexity index is 795. The van der Waals surface area contributed by atoms with Crippen molar-refractivity contribution in [3.63, 3.8) is 0 Å². The molecule has 0 spiro atoms. The van der Waals surface area contributed by atoms with Gasteiger partial charge in [-0.3, -0.25) is 4.79 Å². The molecule has 3 rings (SSSR count). The Kier molecular flexibility index (Phi) is 8.20. The maximum atomic E-state index is 12.5. The Balaban J connectivity index is 1.44. The Labute approximate surface area is 180 Å². The molecule has 0 saturated carbocycles. The quantitative estimate of drug-likeness (QED) is 0.642. The standard InChI is InChI=1S/C24H35N5O/c1-4-28(5-2)15-7-14-25-24(30)20-12-16-29(17-13-20)23-11-10-22(26-27-23)21-9-6-8-19(3)18-21/h6,8-11,18,20H,4-5,7,12-17H2,1-3H3,(H,25,30). The van der Waals surface area contributed by atoms with E-state index in [-0.39, 0.29) is 11.8 Å². The second-order valence-electron chi connectivity index (χ2n) is 8.08. The van der Waals surface area contributed by atoms with E-state index < -0.39 is 0 Å². The van der Waals surface area contributed by atoms with Crippen molar-refractivity contribution in [3.8, 4) is 11.3 Å². The smallest absolute Gasteiger partial charge is 0.223 e. The van der Waals surface area contributed by atoms with Gasteiger partial charge in [0.25, 0.3) is 0 Å². The summed E-state index contributed by atoms with van der Waals surface area (Å²) in [4.78, 5) is 17.1. The number of piperidine rings is 1. The highest BCUT2D eigenvalue weighted by molar-refractivity contribution is 5.78. The van der Waals surface area contributed by atoms with E-state index >= 15 is 0 Å². The Morgan fingerprint density at radius 3 is 2.53 bits per heavy atom. The topological polar surface area (TPSA) is 61.4 Å². The van der Waals surface area contributed by atoms with Crippen LogP contribution in [0.15, 0.2) is 36.4 Å². The second-order valence-corrected chi connectivity index (χ2v) is 8.08. The number of carbonyl (C=O) groups is 1. The van der Waals surface area contributed by atoms with Gasteiger partial charge in [-0.2, -0.15) is 0 Å². The van der Waals surface area contributed by atoms with Crippen LogP contribution in [0.4, 0.5) is 5.82 Å². The zero-order valence-corrected chi connectivity index (χ0v) is 18.6. The molecule has 0 aliphatic carbocycles. The number of carbonyl (C=O) groups excluding carboxylic acids is 1. The van der Waals surface area contributed by atoms with Crippen molar-refractivity contribution in [1.82, 2.24) is 20.4 Å². The third-order valence-electron chi connectivity index (χ3n) is 6.00. The Morgan fingerprint density at radius 2 is 1.90 bits per heavy atom. The lowest BCUT2D eigenvalue weighted by molar-refractivity contribution is -0.125. The van der Waals surface area contributed by atoms with E-state index in [0.29, 0.717) is 0 Å². The molecule has 1 aliphatic rings. The van der Waals surface area contributed by atoms with Crippen molar-refractivity contribution in [2.24, 2.45) is 5.92 Å². The summed E-state index contributed by atoms with van der Waals surface area (Å²) >= 11 is 0. The number of benzene rings is 1. The van der Waals surface area contributed by atoms with Gasteiger partial charge in [0.05, 0.1) is 5.69 Å². The van der Waals surface area contributed by atoms with E-state index in [4.69, 9.17) is 0 Å². The molecular formula is C24H35N5O. The van der Waals surface area contributed by atoms with Crippen LogP contribution in [0.3, 0.4) is 0 Å². The van der Waals surface area contributed by atoms with Crippen molar-refractivity contribution >= 4 is 11.7 Å². The van der Waals surface area contributed by atoms with Crippen LogP contribution < -0.4 is 10.2 Å². The van der Waals surface area contributed by atoms with Crippen LogP contribution in [-0.4, -0.2) is 60.3 Å². The Morgan fingerprint density at radius 1 is 1.13 bits per heavy atom. The number of aryl methyl sites for hydroxylation is 1. The fraction of sp³-hybridized carbons (Fsp3) is 0.542. The molecule has 0 unspecified atom stereocenters. The van der Waals surface area contributed by atoms with Crippen LogP contribution in [0.5, 0.6) is 0 Å². The van der Waals surface area contributed by atoms with Gasteiger partial charge in [-0.1, -0.05) is 37.6 Å². The lowest BCUT2D eigenvalue weighted by Gasteiger charge is -2.31. The van der Waals surface area contributed by atoms with E-state index in [9.17, 15) is 4.79 Å². The van der Waals surface area contributed by atoms with Crippen molar-refractivity contribution in [1.29, 1.82) is 0 Å². The minimum atomic E-state index is 0.106. The molecule has 30 heavy (non-hydrogen) atoms. The summed E-state index contributed by atoms with van der Waals surface area (Å²) in [6.07, 6.45) is 2.74. The first kappa shape index (κ1) is 22.2. The lowest BCUT2D eigenvalue weighted by Crippen LogP contribution is -2.41. The fourth-order valence-electron chi connectivity index (χ4n) is 4.02. The molecule has 6 heteroatoms. The van der Waals surface area contributed by atoms with Gasteiger partial charge in [0.1, 0.15) is 0 Å². The molecule has 0 atom stereocenters.